The number of hydrogen-bond acceptors (Lipinski definition) is 5. The fourth-order valence-corrected chi connectivity index (χ4v) is 4.17. The van der Waals surface area contributed by atoms with Gasteiger partial charge < -0.3 is 9.32 Å². The molecule has 2 aromatic heterocycles. The number of carbonyl (C=O) groups excluding carboxylic acids is 1. The average molecular weight is 336 g/mol. The topological polar surface area (TPSA) is 36.7 Å². The Hall–Kier alpha value is -1.24. The zero-order chi connectivity index (χ0) is 15.4. The molecule has 3 heterocycles. The summed E-state index contributed by atoms with van der Waals surface area (Å²) in [4.78, 5) is 17.8. The van der Waals surface area contributed by atoms with Crippen LogP contribution in [0.25, 0.3) is 0 Å². The molecule has 22 heavy (non-hydrogen) atoms. The first-order valence-corrected chi connectivity index (χ1v) is 9.48. The molecule has 1 fully saturated rings. The lowest BCUT2D eigenvalue weighted by Crippen LogP contribution is -2.34. The molecule has 1 saturated heterocycles. The van der Waals surface area contributed by atoms with Crippen LogP contribution in [0.3, 0.4) is 0 Å². The smallest absolute Gasteiger partial charge is 0.264 e. The van der Waals surface area contributed by atoms with Gasteiger partial charge in [0.2, 0.25) is 0 Å². The lowest BCUT2D eigenvalue weighted by Gasteiger charge is -2.21. The summed E-state index contributed by atoms with van der Waals surface area (Å²) in [5.74, 6) is 1.16. The molecule has 0 aromatic carbocycles. The van der Waals surface area contributed by atoms with E-state index in [0.29, 0.717) is 0 Å². The van der Waals surface area contributed by atoms with E-state index in [9.17, 15) is 4.79 Å². The van der Waals surface area contributed by atoms with Crippen molar-refractivity contribution >= 4 is 29.0 Å². The molecule has 0 saturated carbocycles. The standard InChI is InChI=1S/C16H20N2O2S2/c1-21-15-6-5-14(22-15)16(19)18-8-3-7-17(9-10-18)12-13-4-2-11-20-13/h2,4-6,11H,3,7-10,12H2,1H3. The van der Waals surface area contributed by atoms with Gasteiger partial charge in [-0.25, -0.2) is 0 Å². The molecular formula is C16H20N2O2S2. The van der Waals surface area contributed by atoms with Crippen LogP contribution >= 0.6 is 23.1 Å². The molecule has 118 valence electrons. The van der Waals surface area contributed by atoms with Crippen LogP contribution < -0.4 is 0 Å². The van der Waals surface area contributed by atoms with E-state index in [4.69, 9.17) is 4.42 Å². The quantitative estimate of drug-likeness (QED) is 0.802. The van der Waals surface area contributed by atoms with Crippen LogP contribution in [-0.2, 0) is 6.54 Å². The third-order valence-corrected chi connectivity index (χ3v) is 5.98. The predicted octanol–water partition coefficient (Wildman–Crippen LogP) is 3.41. The number of nitrogens with zero attached hydrogens (tertiary/aromatic N) is 2. The summed E-state index contributed by atoms with van der Waals surface area (Å²) in [5, 5.41) is 0. The fraction of sp³-hybridized carbons (Fsp3) is 0.438. The van der Waals surface area contributed by atoms with Crippen molar-refractivity contribution in [3.63, 3.8) is 0 Å². The van der Waals surface area contributed by atoms with E-state index in [1.807, 2.05) is 35.4 Å². The highest BCUT2D eigenvalue weighted by Gasteiger charge is 2.21. The van der Waals surface area contributed by atoms with Crippen molar-refractivity contribution in [1.82, 2.24) is 9.80 Å². The van der Waals surface area contributed by atoms with Gasteiger partial charge in [-0.2, -0.15) is 0 Å². The van der Waals surface area contributed by atoms with Gasteiger partial charge in [-0.3, -0.25) is 9.69 Å². The largest absolute Gasteiger partial charge is 0.468 e. The van der Waals surface area contributed by atoms with Gasteiger partial charge in [-0.05, 0) is 36.9 Å². The van der Waals surface area contributed by atoms with Gasteiger partial charge >= 0.3 is 0 Å². The van der Waals surface area contributed by atoms with Crippen LogP contribution in [0.5, 0.6) is 0 Å². The first kappa shape index (κ1) is 15.6. The van der Waals surface area contributed by atoms with E-state index in [-0.39, 0.29) is 5.91 Å². The average Bonchev–Trinajstić information content (AvgIpc) is 3.15. The van der Waals surface area contributed by atoms with Crippen LogP contribution in [0.4, 0.5) is 0 Å². The summed E-state index contributed by atoms with van der Waals surface area (Å²) < 4.78 is 6.61. The van der Waals surface area contributed by atoms with E-state index in [1.54, 1.807) is 29.4 Å². The maximum atomic E-state index is 12.6. The maximum absolute atomic E-state index is 12.6. The van der Waals surface area contributed by atoms with E-state index in [0.717, 1.165) is 49.8 Å². The summed E-state index contributed by atoms with van der Waals surface area (Å²) in [6.07, 6.45) is 4.76. The van der Waals surface area contributed by atoms with Crippen molar-refractivity contribution in [2.24, 2.45) is 0 Å². The van der Waals surface area contributed by atoms with Crippen molar-refractivity contribution in [2.45, 2.75) is 17.2 Å². The molecular weight excluding hydrogens is 316 g/mol. The lowest BCUT2D eigenvalue weighted by molar-refractivity contribution is 0.0765. The predicted molar refractivity (Wildman–Crippen MR) is 90.6 cm³/mol. The van der Waals surface area contributed by atoms with Gasteiger partial charge in [-0.15, -0.1) is 23.1 Å². The molecule has 1 aliphatic heterocycles. The summed E-state index contributed by atoms with van der Waals surface area (Å²) in [7, 11) is 0. The second kappa shape index (κ2) is 7.35. The van der Waals surface area contributed by atoms with E-state index in [1.165, 1.54) is 4.21 Å². The van der Waals surface area contributed by atoms with Crippen molar-refractivity contribution < 1.29 is 9.21 Å². The molecule has 0 unspecified atom stereocenters. The van der Waals surface area contributed by atoms with Gasteiger partial charge in [0.15, 0.2) is 0 Å². The Balaban J connectivity index is 1.58. The second-order valence-electron chi connectivity index (χ2n) is 5.32. The van der Waals surface area contributed by atoms with Crippen molar-refractivity contribution in [3.8, 4) is 0 Å². The number of furan rings is 1. The molecule has 0 radical (unpaired) electrons. The van der Waals surface area contributed by atoms with E-state index < -0.39 is 0 Å². The summed E-state index contributed by atoms with van der Waals surface area (Å²) in [6.45, 7) is 4.34. The van der Waals surface area contributed by atoms with Crippen molar-refractivity contribution in [1.29, 1.82) is 0 Å². The molecule has 3 rings (SSSR count). The lowest BCUT2D eigenvalue weighted by atomic mass is 10.3. The van der Waals surface area contributed by atoms with Crippen molar-refractivity contribution in [2.75, 3.05) is 32.4 Å². The van der Waals surface area contributed by atoms with E-state index in [2.05, 4.69) is 4.90 Å². The van der Waals surface area contributed by atoms with E-state index >= 15 is 0 Å². The minimum absolute atomic E-state index is 0.171. The second-order valence-corrected chi connectivity index (χ2v) is 7.51. The minimum atomic E-state index is 0.171. The Morgan fingerprint density at radius 2 is 2.18 bits per heavy atom. The molecule has 6 heteroatoms. The molecule has 1 aliphatic rings. The molecule has 1 amide bonds. The van der Waals surface area contributed by atoms with Crippen LogP contribution in [0.2, 0.25) is 0 Å². The Bertz CT molecular complexity index is 609. The fourth-order valence-electron chi connectivity index (χ4n) is 2.66. The zero-order valence-electron chi connectivity index (χ0n) is 12.7. The molecule has 0 bridgehead atoms. The Morgan fingerprint density at radius 3 is 2.91 bits per heavy atom. The number of thioether (sulfide) groups is 1. The zero-order valence-corrected chi connectivity index (χ0v) is 14.3. The molecule has 4 nitrogen and oxygen atoms in total. The van der Waals surface area contributed by atoms with Crippen LogP contribution in [0, 0.1) is 0 Å². The summed E-state index contributed by atoms with van der Waals surface area (Å²) in [6, 6.07) is 7.90. The van der Waals surface area contributed by atoms with Gasteiger partial charge in [0.1, 0.15) is 5.76 Å². The summed E-state index contributed by atoms with van der Waals surface area (Å²) in [5.41, 5.74) is 0. The third kappa shape index (κ3) is 3.74. The molecule has 0 spiro atoms. The highest BCUT2D eigenvalue weighted by molar-refractivity contribution is 8.00. The SMILES string of the molecule is CSc1ccc(C(=O)N2CCCN(Cc3ccco3)CC2)s1. The highest BCUT2D eigenvalue weighted by atomic mass is 32.2. The number of thiophene rings is 1. The Labute approximate surface area is 139 Å². The highest BCUT2D eigenvalue weighted by Crippen LogP contribution is 2.26. The summed E-state index contributed by atoms with van der Waals surface area (Å²) >= 11 is 3.28. The molecule has 0 N–H and O–H groups in total. The minimum Gasteiger partial charge on any atom is -0.468 e. The van der Waals surface area contributed by atoms with Crippen molar-refractivity contribution in [3.05, 3.63) is 41.2 Å². The van der Waals surface area contributed by atoms with Gasteiger partial charge in [0.05, 0.1) is 21.9 Å². The van der Waals surface area contributed by atoms with Gasteiger partial charge in [0, 0.05) is 26.2 Å². The number of carbonyl (C=O) groups is 1. The third-order valence-electron chi connectivity index (χ3n) is 3.83. The molecule has 0 aliphatic carbocycles. The molecule has 0 atom stereocenters. The first-order valence-electron chi connectivity index (χ1n) is 7.44. The maximum Gasteiger partial charge on any atom is 0.264 e. The molecule has 2 aromatic rings. The normalized spacial score (nSPS) is 16.7. The Kier molecular flexibility index (Phi) is 5.23. The van der Waals surface area contributed by atoms with Crippen LogP contribution in [-0.4, -0.2) is 48.1 Å². The number of rotatable bonds is 4. The van der Waals surface area contributed by atoms with Gasteiger partial charge in [-0.1, -0.05) is 0 Å². The Morgan fingerprint density at radius 1 is 1.27 bits per heavy atom. The number of hydrogen-bond donors (Lipinski definition) is 0. The van der Waals surface area contributed by atoms with Crippen LogP contribution in [0.15, 0.2) is 39.2 Å². The van der Waals surface area contributed by atoms with Gasteiger partial charge in [0.25, 0.3) is 5.91 Å². The number of amides is 1. The monoisotopic (exact) mass is 336 g/mol. The first-order chi connectivity index (χ1) is 10.8. The van der Waals surface area contributed by atoms with Crippen LogP contribution in [0.1, 0.15) is 21.9 Å².